The summed E-state index contributed by atoms with van der Waals surface area (Å²) in [5.41, 5.74) is 3.92. The first-order valence-electron chi connectivity index (χ1n) is 9.37. The Morgan fingerprint density at radius 1 is 1.08 bits per heavy atom. The van der Waals surface area contributed by atoms with Gasteiger partial charge in [-0.25, -0.2) is 0 Å². The first kappa shape index (κ1) is 18.3. The SMILES string of the molecule is Cc1cccc(OCCNC(=O)[C@H](C)Oc2ccc3c(c2)CCCC3)c1. The van der Waals surface area contributed by atoms with Crippen LogP contribution in [0, 0.1) is 6.92 Å². The topological polar surface area (TPSA) is 47.6 Å². The maximum atomic E-state index is 12.2. The standard InChI is InChI=1S/C22H27NO3/c1-16-6-5-9-20(14-16)25-13-12-23-22(24)17(2)26-21-11-10-18-7-3-4-8-19(18)15-21/h5-6,9-11,14-15,17H,3-4,7-8,12-13H2,1-2H3,(H,23,24)/t17-/m0/s1. The molecule has 0 aliphatic heterocycles. The van der Waals surface area contributed by atoms with Gasteiger partial charge in [0.1, 0.15) is 18.1 Å². The molecule has 0 fully saturated rings. The Morgan fingerprint density at radius 3 is 2.69 bits per heavy atom. The Hall–Kier alpha value is -2.49. The van der Waals surface area contributed by atoms with E-state index in [4.69, 9.17) is 9.47 Å². The fraction of sp³-hybridized carbons (Fsp3) is 0.409. The van der Waals surface area contributed by atoms with Gasteiger partial charge >= 0.3 is 0 Å². The van der Waals surface area contributed by atoms with Gasteiger partial charge in [-0.2, -0.15) is 0 Å². The van der Waals surface area contributed by atoms with Crippen LogP contribution in [0.25, 0.3) is 0 Å². The molecule has 0 unspecified atom stereocenters. The van der Waals surface area contributed by atoms with Crippen LogP contribution in [0.1, 0.15) is 36.5 Å². The van der Waals surface area contributed by atoms with Crippen molar-refractivity contribution >= 4 is 5.91 Å². The molecule has 0 bridgehead atoms. The largest absolute Gasteiger partial charge is 0.492 e. The molecule has 26 heavy (non-hydrogen) atoms. The van der Waals surface area contributed by atoms with E-state index >= 15 is 0 Å². The van der Waals surface area contributed by atoms with E-state index in [9.17, 15) is 4.79 Å². The summed E-state index contributed by atoms with van der Waals surface area (Å²) in [5.74, 6) is 1.46. The normalized spacial score (nSPS) is 14.2. The van der Waals surface area contributed by atoms with Gasteiger partial charge < -0.3 is 14.8 Å². The van der Waals surface area contributed by atoms with Crippen LogP contribution < -0.4 is 14.8 Å². The molecule has 1 aliphatic carbocycles. The molecule has 2 aromatic rings. The predicted octanol–water partition coefficient (Wildman–Crippen LogP) is 3.84. The molecule has 0 spiro atoms. The summed E-state index contributed by atoms with van der Waals surface area (Å²) in [4.78, 5) is 12.2. The lowest BCUT2D eigenvalue weighted by Crippen LogP contribution is -2.38. The number of fused-ring (bicyclic) bond motifs is 1. The van der Waals surface area contributed by atoms with Crippen molar-refractivity contribution in [3.05, 3.63) is 59.2 Å². The van der Waals surface area contributed by atoms with Gasteiger partial charge in [-0.3, -0.25) is 4.79 Å². The van der Waals surface area contributed by atoms with Crippen molar-refractivity contribution in [2.45, 2.75) is 45.6 Å². The minimum atomic E-state index is -0.532. The van der Waals surface area contributed by atoms with Crippen LogP contribution in [0.4, 0.5) is 0 Å². The highest BCUT2D eigenvalue weighted by Gasteiger charge is 2.16. The first-order chi connectivity index (χ1) is 12.6. The van der Waals surface area contributed by atoms with Crippen molar-refractivity contribution in [2.75, 3.05) is 13.2 Å². The molecule has 1 atom stereocenters. The number of benzene rings is 2. The highest BCUT2D eigenvalue weighted by Crippen LogP contribution is 2.25. The monoisotopic (exact) mass is 353 g/mol. The van der Waals surface area contributed by atoms with Crippen molar-refractivity contribution in [1.29, 1.82) is 0 Å². The summed E-state index contributed by atoms with van der Waals surface area (Å²) in [6.07, 6.45) is 4.20. The quantitative estimate of drug-likeness (QED) is 0.770. The summed E-state index contributed by atoms with van der Waals surface area (Å²) < 4.78 is 11.5. The highest BCUT2D eigenvalue weighted by molar-refractivity contribution is 5.80. The number of aryl methyl sites for hydroxylation is 3. The van der Waals surface area contributed by atoms with Crippen LogP contribution in [0.15, 0.2) is 42.5 Å². The second kappa shape index (κ2) is 8.75. The lowest BCUT2D eigenvalue weighted by atomic mass is 9.92. The zero-order chi connectivity index (χ0) is 18.4. The van der Waals surface area contributed by atoms with Crippen LogP contribution in [-0.2, 0) is 17.6 Å². The van der Waals surface area contributed by atoms with Crippen molar-refractivity contribution in [3.63, 3.8) is 0 Å². The molecule has 3 rings (SSSR count). The van der Waals surface area contributed by atoms with Gasteiger partial charge in [-0.15, -0.1) is 0 Å². The third-order valence-corrected chi connectivity index (χ3v) is 4.66. The first-order valence-corrected chi connectivity index (χ1v) is 9.37. The molecule has 0 saturated carbocycles. The van der Waals surface area contributed by atoms with Crippen LogP contribution in [0.5, 0.6) is 11.5 Å². The van der Waals surface area contributed by atoms with Crippen molar-refractivity contribution < 1.29 is 14.3 Å². The molecule has 1 aliphatic rings. The molecule has 4 heteroatoms. The number of hydrogen-bond acceptors (Lipinski definition) is 3. The van der Waals surface area contributed by atoms with Crippen molar-refractivity contribution in [2.24, 2.45) is 0 Å². The fourth-order valence-electron chi connectivity index (χ4n) is 3.23. The van der Waals surface area contributed by atoms with Gasteiger partial charge in [-0.05, 0) is 80.5 Å². The number of carbonyl (C=O) groups is 1. The third-order valence-electron chi connectivity index (χ3n) is 4.66. The molecular weight excluding hydrogens is 326 g/mol. The smallest absolute Gasteiger partial charge is 0.260 e. The zero-order valence-corrected chi connectivity index (χ0v) is 15.6. The molecule has 0 saturated heterocycles. The zero-order valence-electron chi connectivity index (χ0n) is 15.6. The van der Waals surface area contributed by atoms with Gasteiger partial charge in [0.15, 0.2) is 6.10 Å². The molecule has 0 heterocycles. The summed E-state index contributed by atoms with van der Waals surface area (Å²) in [5, 5.41) is 2.86. The predicted molar refractivity (Wildman–Crippen MR) is 103 cm³/mol. The molecule has 2 aromatic carbocycles. The van der Waals surface area contributed by atoms with Gasteiger partial charge in [0.05, 0.1) is 6.54 Å². The van der Waals surface area contributed by atoms with Crippen LogP contribution in [-0.4, -0.2) is 25.2 Å². The van der Waals surface area contributed by atoms with Crippen molar-refractivity contribution in [3.8, 4) is 11.5 Å². The van der Waals surface area contributed by atoms with E-state index in [0.29, 0.717) is 13.2 Å². The maximum Gasteiger partial charge on any atom is 0.260 e. The summed E-state index contributed by atoms with van der Waals surface area (Å²) in [6, 6.07) is 14.0. The summed E-state index contributed by atoms with van der Waals surface area (Å²) in [6.45, 7) is 4.68. The molecule has 0 aromatic heterocycles. The van der Waals surface area contributed by atoms with Crippen molar-refractivity contribution in [1.82, 2.24) is 5.32 Å². The second-order valence-electron chi connectivity index (χ2n) is 6.85. The van der Waals surface area contributed by atoms with Gasteiger partial charge in [0, 0.05) is 0 Å². The lowest BCUT2D eigenvalue weighted by Gasteiger charge is -2.19. The lowest BCUT2D eigenvalue weighted by molar-refractivity contribution is -0.127. The van der Waals surface area contributed by atoms with Crippen LogP contribution >= 0.6 is 0 Å². The summed E-state index contributed by atoms with van der Waals surface area (Å²) >= 11 is 0. The van der Waals surface area contributed by atoms with E-state index in [-0.39, 0.29) is 5.91 Å². The number of carbonyl (C=O) groups excluding carboxylic acids is 1. The van der Waals surface area contributed by atoms with E-state index < -0.39 is 6.10 Å². The number of nitrogens with one attached hydrogen (secondary N) is 1. The number of hydrogen-bond donors (Lipinski definition) is 1. The Labute approximate surface area is 155 Å². The average Bonchev–Trinajstić information content (AvgIpc) is 2.65. The number of rotatable bonds is 7. The van der Waals surface area contributed by atoms with E-state index in [1.807, 2.05) is 37.3 Å². The Morgan fingerprint density at radius 2 is 1.88 bits per heavy atom. The minimum Gasteiger partial charge on any atom is -0.492 e. The molecular formula is C22H27NO3. The van der Waals surface area contributed by atoms with E-state index in [0.717, 1.165) is 29.9 Å². The van der Waals surface area contributed by atoms with Crippen LogP contribution in [0.3, 0.4) is 0 Å². The number of ether oxygens (including phenoxy) is 2. The van der Waals surface area contributed by atoms with Gasteiger partial charge in [-0.1, -0.05) is 18.2 Å². The third kappa shape index (κ3) is 5.01. The van der Waals surface area contributed by atoms with Crippen LogP contribution in [0.2, 0.25) is 0 Å². The maximum absolute atomic E-state index is 12.2. The Bertz CT molecular complexity index is 757. The molecule has 1 amide bonds. The fourth-order valence-corrected chi connectivity index (χ4v) is 3.23. The molecule has 0 radical (unpaired) electrons. The Kier molecular flexibility index (Phi) is 6.16. The molecule has 138 valence electrons. The Balaban J connectivity index is 1.43. The van der Waals surface area contributed by atoms with Gasteiger partial charge in [0.2, 0.25) is 0 Å². The van der Waals surface area contributed by atoms with E-state index in [1.165, 1.54) is 24.0 Å². The number of amides is 1. The van der Waals surface area contributed by atoms with Gasteiger partial charge in [0.25, 0.3) is 5.91 Å². The second-order valence-corrected chi connectivity index (χ2v) is 6.85. The average molecular weight is 353 g/mol. The minimum absolute atomic E-state index is 0.129. The van der Waals surface area contributed by atoms with E-state index in [2.05, 4.69) is 17.4 Å². The molecule has 4 nitrogen and oxygen atoms in total. The summed E-state index contributed by atoms with van der Waals surface area (Å²) in [7, 11) is 0. The molecule has 1 N–H and O–H groups in total. The van der Waals surface area contributed by atoms with E-state index in [1.54, 1.807) is 6.92 Å². The highest BCUT2D eigenvalue weighted by atomic mass is 16.5.